The number of hydrogen-bond acceptors (Lipinski definition) is 1. The fourth-order valence-corrected chi connectivity index (χ4v) is 4.03. The van der Waals surface area contributed by atoms with Crippen molar-refractivity contribution in [2.75, 3.05) is 0 Å². The van der Waals surface area contributed by atoms with Crippen molar-refractivity contribution in [1.82, 2.24) is 9.78 Å². The summed E-state index contributed by atoms with van der Waals surface area (Å²) in [5, 5.41) is 4.90. The molecule has 4 rings (SSSR count). The first kappa shape index (κ1) is 19.7. The zero-order valence-electron chi connectivity index (χ0n) is 14.8. The van der Waals surface area contributed by atoms with Crippen LogP contribution in [0.15, 0.2) is 71.2 Å². The molecule has 0 aliphatic heterocycles. The SMILES string of the molecule is Fc1ccc(-c2nn(Cc3c(F)cccc3Cl)c(-c3ccc(F)cc3)c2Br)cc1. The maximum absolute atomic E-state index is 14.4. The van der Waals surface area contributed by atoms with E-state index in [0.29, 0.717) is 27.0 Å². The molecule has 1 heterocycles. The van der Waals surface area contributed by atoms with Crippen LogP contribution in [0, 0.1) is 17.5 Å². The van der Waals surface area contributed by atoms with Gasteiger partial charge < -0.3 is 0 Å². The summed E-state index contributed by atoms with van der Waals surface area (Å²) in [5.41, 5.74) is 2.84. The standard InChI is InChI=1S/C22H13BrClF3N2/c23-20-21(13-4-8-15(25)9-5-13)28-29(12-17-18(24)2-1-3-19(17)27)22(20)14-6-10-16(26)11-7-14/h1-11H,12H2. The Labute approximate surface area is 178 Å². The summed E-state index contributed by atoms with van der Waals surface area (Å²) >= 11 is 9.76. The zero-order chi connectivity index (χ0) is 20.5. The van der Waals surface area contributed by atoms with Gasteiger partial charge in [0.2, 0.25) is 0 Å². The van der Waals surface area contributed by atoms with Crippen LogP contribution in [0.3, 0.4) is 0 Å². The lowest BCUT2D eigenvalue weighted by molar-refractivity contribution is 0.587. The quantitative estimate of drug-likeness (QED) is 0.306. The van der Waals surface area contributed by atoms with Gasteiger partial charge in [-0.1, -0.05) is 17.7 Å². The van der Waals surface area contributed by atoms with Crippen molar-refractivity contribution >= 4 is 27.5 Å². The van der Waals surface area contributed by atoms with Crippen LogP contribution < -0.4 is 0 Å². The fourth-order valence-electron chi connectivity index (χ4n) is 3.06. The Hall–Kier alpha value is -2.57. The van der Waals surface area contributed by atoms with Crippen LogP contribution >= 0.6 is 27.5 Å². The summed E-state index contributed by atoms with van der Waals surface area (Å²) < 4.78 is 43.4. The van der Waals surface area contributed by atoms with Crippen molar-refractivity contribution in [3.8, 4) is 22.5 Å². The minimum absolute atomic E-state index is 0.0675. The van der Waals surface area contributed by atoms with Crippen molar-refractivity contribution < 1.29 is 13.2 Å². The van der Waals surface area contributed by atoms with E-state index in [0.717, 1.165) is 0 Å². The Morgan fingerprint density at radius 2 is 1.41 bits per heavy atom. The number of aromatic nitrogens is 2. The average molecular weight is 478 g/mol. The van der Waals surface area contributed by atoms with Crippen LogP contribution in [0.25, 0.3) is 22.5 Å². The largest absolute Gasteiger partial charge is 0.258 e. The molecule has 0 saturated heterocycles. The van der Waals surface area contributed by atoms with Gasteiger partial charge in [-0.05, 0) is 76.6 Å². The molecule has 0 aliphatic rings. The predicted molar refractivity (Wildman–Crippen MR) is 111 cm³/mol. The summed E-state index contributed by atoms with van der Waals surface area (Å²) in [7, 11) is 0. The lowest BCUT2D eigenvalue weighted by Crippen LogP contribution is -2.06. The average Bonchev–Trinajstić information content (AvgIpc) is 3.02. The molecule has 0 radical (unpaired) electrons. The molecule has 0 amide bonds. The van der Waals surface area contributed by atoms with Crippen molar-refractivity contribution in [3.63, 3.8) is 0 Å². The van der Waals surface area contributed by atoms with E-state index < -0.39 is 5.82 Å². The molecule has 0 aliphatic carbocycles. The minimum Gasteiger partial charge on any atom is -0.258 e. The molecule has 7 heteroatoms. The van der Waals surface area contributed by atoms with Gasteiger partial charge in [0.25, 0.3) is 0 Å². The van der Waals surface area contributed by atoms with Gasteiger partial charge in [-0.15, -0.1) is 0 Å². The minimum atomic E-state index is -0.447. The Balaban J connectivity index is 1.89. The van der Waals surface area contributed by atoms with E-state index in [1.807, 2.05) is 0 Å². The van der Waals surface area contributed by atoms with Crippen molar-refractivity contribution in [2.24, 2.45) is 0 Å². The first-order valence-corrected chi connectivity index (χ1v) is 9.82. The summed E-state index contributed by atoms with van der Waals surface area (Å²) in [6.45, 7) is 0.0675. The molecule has 3 aromatic carbocycles. The molecule has 0 unspecified atom stereocenters. The van der Waals surface area contributed by atoms with E-state index in [9.17, 15) is 13.2 Å². The molecule has 29 heavy (non-hydrogen) atoms. The Morgan fingerprint density at radius 3 is 2.00 bits per heavy atom. The highest BCUT2D eigenvalue weighted by Gasteiger charge is 2.21. The highest BCUT2D eigenvalue weighted by atomic mass is 79.9. The third-order valence-corrected chi connectivity index (χ3v) is 5.60. The zero-order valence-corrected chi connectivity index (χ0v) is 17.2. The predicted octanol–water partition coefficient (Wildman–Crippen LogP) is 7.10. The second-order valence-electron chi connectivity index (χ2n) is 6.38. The Morgan fingerprint density at radius 1 is 0.828 bits per heavy atom. The molecular formula is C22H13BrClF3N2. The molecular weight excluding hydrogens is 465 g/mol. The van der Waals surface area contributed by atoms with Crippen LogP contribution in [-0.4, -0.2) is 9.78 Å². The second-order valence-corrected chi connectivity index (χ2v) is 7.58. The first-order valence-electron chi connectivity index (χ1n) is 8.65. The molecule has 0 atom stereocenters. The van der Waals surface area contributed by atoms with E-state index in [-0.39, 0.29) is 28.8 Å². The van der Waals surface area contributed by atoms with Crippen molar-refractivity contribution in [2.45, 2.75) is 6.54 Å². The van der Waals surface area contributed by atoms with Crippen LogP contribution in [0.5, 0.6) is 0 Å². The molecule has 1 aromatic heterocycles. The van der Waals surface area contributed by atoms with Gasteiger partial charge in [-0.25, -0.2) is 13.2 Å². The number of rotatable bonds is 4. The normalized spacial score (nSPS) is 11.1. The van der Waals surface area contributed by atoms with Crippen molar-refractivity contribution in [1.29, 1.82) is 0 Å². The highest BCUT2D eigenvalue weighted by molar-refractivity contribution is 9.10. The summed E-state index contributed by atoms with van der Waals surface area (Å²) in [5.74, 6) is -1.18. The van der Waals surface area contributed by atoms with E-state index in [1.54, 1.807) is 35.0 Å². The fraction of sp³-hybridized carbons (Fsp3) is 0.0455. The van der Waals surface area contributed by atoms with Gasteiger partial charge in [0.15, 0.2) is 0 Å². The Kier molecular flexibility index (Phi) is 5.48. The molecule has 0 bridgehead atoms. The highest BCUT2D eigenvalue weighted by Crippen LogP contribution is 2.37. The van der Waals surface area contributed by atoms with Crippen LogP contribution in [0.2, 0.25) is 5.02 Å². The topological polar surface area (TPSA) is 17.8 Å². The van der Waals surface area contributed by atoms with Gasteiger partial charge in [0, 0.05) is 21.7 Å². The van der Waals surface area contributed by atoms with E-state index >= 15 is 0 Å². The molecule has 4 aromatic rings. The number of halogens is 5. The molecule has 0 saturated carbocycles. The van der Waals surface area contributed by atoms with Gasteiger partial charge in [-0.2, -0.15) is 5.10 Å². The van der Waals surface area contributed by atoms with Crippen LogP contribution in [0.1, 0.15) is 5.56 Å². The van der Waals surface area contributed by atoms with E-state index in [4.69, 9.17) is 11.6 Å². The second kappa shape index (κ2) is 8.05. The van der Waals surface area contributed by atoms with E-state index in [2.05, 4.69) is 21.0 Å². The lowest BCUT2D eigenvalue weighted by Gasteiger charge is -2.10. The molecule has 0 fully saturated rings. The third kappa shape index (κ3) is 3.95. The van der Waals surface area contributed by atoms with Crippen LogP contribution in [-0.2, 0) is 6.54 Å². The van der Waals surface area contributed by atoms with Gasteiger partial charge >= 0.3 is 0 Å². The summed E-state index contributed by atoms with van der Waals surface area (Å²) in [6.07, 6.45) is 0. The molecule has 0 N–H and O–H groups in total. The van der Waals surface area contributed by atoms with Gasteiger partial charge in [-0.3, -0.25) is 4.68 Å². The lowest BCUT2D eigenvalue weighted by atomic mass is 10.1. The smallest absolute Gasteiger partial charge is 0.129 e. The van der Waals surface area contributed by atoms with Crippen molar-refractivity contribution in [3.05, 3.63) is 99.2 Å². The number of hydrogen-bond donors (Lipinski definition) is 0. The first-order chi connectivity index (χ1) is 13.9. The van der Waals surface area contributed by atoms with E-state index in [1.165, 1.54) is 36.4 Å². The number of benzene rings is 3. The maximum Gasteiger partial charge on any atom is 0.129 e. The van der Waals surface area contributed by atoms with Crippen LogP contribution in [0.4, 0.5) is 13.2 Å². The summed E-state index contributed by atoms with van der Waals surface area (Å²) in [6, 6.07) is 16.3. The monoisotopic (exact) mass is 476 g/mol. The summed E-state index contributed by atoms with van der Waals surface area (Å²) in [4.78, 5) is 0. The molecule has 146 valence electrons. The third-order valence-electron chi connectivity index (χ3n) is 4.50. The Bertz CT molecular complexity index is 1150. The number of nitrogens with zero attached hydrogens (tertiary/aromatic N) is 2. The van der Waals surface area contributed by atoms with Gasteiger partial charge in [0.1, 0.15) is 23.1 Å². The molecule has 0 spiro atoms. The molecule has 2 nitrogen and oxygen atoms in total. The van der Waals surface area contributed by atoms with Gasteiger partial charge in [0.05, 0.1) is 16.7 Å². The maximum atomic E-state index is 14.4.